The molecule has 28 heavy (non-hydrogen) atoms. The fraction of sp³-hybridized carbons (Fsp3) is 0.381. The number of amides is 2. The third kappa shape index (κ3) is 4.48. The molecule has 2 amide bonds. The lowest BCUT2D eigenvalue weighted by atomic mass is 10.1. The quantitative estimate of drug-likeness (QED) is 0.771. The number of aromatic nitrogens is 1. The fourth-order valence-electron chi connectivity index (χ4n) is 3.28. The maximum atomic E-state index is 12.4. The average molecular weight is 381 g/mol. The van der Waals surface area contributed by atoms with Crippen molar-refractivity contribution in [1.29, 1.82) is 0 Å². The second-order valence-corrected chi connectivity index (χ2v) is 7.12. The van der Waals surface area contributed by atoms with Gasteiger partial charge in [-0.3, -0.25) is 14.5 Å². The zero-order valence-corrected chi connectivity index (χ0v) is 16.6. The van der Waals surface area contributed by atoms with Crippen molar-refractivity contribution in [3.8, 4) is 0 Å². The Balaban J connectivity index is 1.65. The van der Waals surface area contributed by atoms with Gasteiger partial charge in [0.2, 0.25) is 5.91 Å². The van der Waals surface area contributed by atoms with Crippen LogP contribution in [-0.2, 0) is 4.79 Å². The number of carbonyl (C=O) groups is 2. The minimum absolute atomic E-state index is 0.0347. The number of nitrogens with one attached hydrogen (secondary N) is 2. The van der Waals surface area contributed by atoms with E-state index in [2.05, 4.69) is 22.5 Å². The molecule has 0 aliphatic carbocycles. The predicted molar refractivity (Wildman–Crippen MR) is 110 cm³/mol. The third-order valence-corrected chi connectivity index (χ3v) is 4.84. The molecule has 7 nitrogen and oxygen atoms in total. The zero-order chi connectivity index (χ0) is 20.1. The Morgan fingerprint density at radius 2 is 2.04 bits per heavy atom. The van der Waals surface area contributed by atoms with E-state index >= 15 is 0 Å². The molecule has 7 heteroatoms. The molecule has 1 aromatic heterocycles. The van der Waals surface area contributed by atoms with Crippen LogP contribution in [0.5, 0.6) is 0 Å². The number of pyridine rings is 1. The van der Waals surface area contributed by atoms with Gasteiger partial charge >= 0.3 is 0 Å². The number of fused-ring (bicyclic) bond motifs is 1. The molecule has 0 saturated carbocycles. The normalized spacial score (nSPS) is 15.9. The number of hydrogen-bond acceptors (Lipinski definition) is 5. The molecule has 2 N–H and O–H groups in total. The zero-order valence-electron chi connectivity index (χ0n) is 16.6. The summed E-state index contributed by atoms with van der Waals surface area (Å²) in [6, 6.07) is 11.0. The Bertz CT molecular complexity index is 837. The summed E-state index contributed by atoms with van der Waals surface area (Å²) in [7, 11) is 3.85. The van der Waals surface area contributed by atoms with E-state index in [0.29, 0.717) is 17.9 Å². The van der Waals surface area contributed by atoms with E-state index < -0.39 is 0 Å². The molecule has 3 rings (SSSR count). The second-order valence-electron chi connectivity index (χ2n) is 7.12. The van der Waals surface area contributed by atoms with Gasteiger partial charge < -0.3 is 15.5 Å². The summed E-state index contributed by atoms with van der Waals surface area (Å²) in [4.78, 5) is 32.8. The van der Waals surface area contributed by atoms with Crippen molar-refractivity contribution in [1.82, 2.24) is 15.2 Å². The van der Waals surface area contributed by atoms with Crippen molar-refractivity contribution in [3.63, 3.8) is 0 Å². The maximum absolute atomic E-state index is 12.4. The van der Waals surface area contributed by atoms with Crippen LogP contribution in [0.1, 0.15) is 41.9 Å². The highest BCUT2D eigenvalue weighted by molar-refractivity contribution is 6.01. The highest BCUT2D eigenvalue weighted by Gasteiger charge is 2.30. The predicted octanol–water partition coefficient (Wildman–Crippen LogP) is 2.63. The molecule has 1 aliphatic rings. The number of carbonyl (C=O) groups excluding carboxylic acids is 2. The van der Waals surface area contributed by atoms with Crippen molar-refractivity contribution >= 4 is 23.3 Å². The number of likely N-dealkylation sites (N-methyl/N-ethyl adjacent to an activating group) is 1. The molecule has 2 heterocycles. The highest BCUT2D eigenvalue weighted by Crippen LogP contribution is 2.30. The van der Waals surface area contributed by atoms with E-state index in [-0.39, 0.29) is 18.0 Å². The molecule has 0 fully saturated rings. The van der Waals surface area contributed by atoms with Gasteiger partial charge in [0.05, 0.1) is 12.1 Å². The number of hydrogen-bond donors (Lipinski definition) is 2. The van der Waals surface area contributed by atoms with Crippen LogP contribution in [0, 0.1) is 0 Å². The molecule has 1 aliphatic heterocycles. The Morgan fingerprint density at radius 3 is 2.75 bits per heavy atom. The van der Waals surface area contributed by atoms with E-state index in [1.165, 1.54) is 0 Å². The molecule has 0 saturated heterocycles. The lowest BCUT2D eigenvalue weighted by Gasteiger charge is -2.35. The minimum Gasteiger partial charge on any atom is -0.335 e. The van der Waals surface area contributed by atoms with Crippen molar-refractivity contribution in [2.45, 2.75) is 25.9 Å². The number of rotatable bonds is 7. The van der Waals surface area contributed by atoms with E-state index in [9.17, 15) is 9.59 Å². The van der Waals surface area contributed by atoms with Crippen LogP contribution < -0.4 is 15.5 Å². The van der Waals surface area contributed by atoms with Crippen molar-refractivity contribution in [2.75, 3.05) is 37.4 Å². The molecule has 0 radical (unpaired) electrons. The Labute approximate surface area is 165 Å². The summed E-state index contributed by atoms with van der Waals surface area (Å²) in [6.07, 6.45) is 3.57. The summed E-state index contributed by atoms with van der Waals surface area (Å²) in [5.41, 5.74) is 2.23. The fourth-order valence-corrected chi connectivity index (χ4v) is 3.28. The summed E-state index contributed by atoms with van der Waals surface area (Å²) >= 11 is 0. The molecule has 1 aromatic carbocycles. The van der Waals surface area contributed by atoms with Gasteiger partial charge in [-0.2, -0.15) is 0 Å². The first-order chi connectivity index (χ1) is 13.5. The van der Waals surface area contributed by atoms with Gasteiger partial charge in [-0.1, -0.05) is 25.5 Å². The Morgan fingerprint density at radius 1 is 1.29 bits per heavy atom. The molecule has 148 valence electrons. The van der Waals surface area contributed by atoms with Crippen LogP contribution in [0.4, 0.5) is 11.5 Å². The summed E-state index contributed by atoms with van der Waals surface area (Å²) in [6.45, 7) is 3.41. The van der Waals surface area contributed by atoms with Crippen LogP contribution in [-0.4, -0.2) is 48.9 Å². The topological polar surface area (TPSA) is 77.6 Å². The van der Waals surface area contributed by atoms with Gasteiger partial charge in [0.25, 0.3) is 5.91 Å². The molecule has 2 aromatic rings. The molecule has 0 bridgehead atoms. The number of unbranched alkanes of at least 4 members (excludes halogenated alkanes) is 1. The third-order valence-electron chi connectivity index (χ3n) is 4.84. The Kier molecular flexibility index (Phi) is 6.26. The average Bonchev–Trinajstić information content (AvgIpc) is 2.70. The molecule has 0 spiro atoms. The lowest BCUT2D eigenvalue weighted by Crippen LogP contribution is -2.45. The summed E-state index contributed by atoms with van der Waals surface area (Å²) in [5.74, 6) is 0.481. The Hall–Kier alpha value is -2.93. The largest absolute Gasteiger partial charge is 0.335 e. The van der Waals surface area contributed by atoms with Crippen LogP contribution in [0.2, 0.25) is 0 Å². The first-order valence-corrected chi connectivity index (χ1v) is 9.56. The van der Waals surface area contributed by atoms with Gasteiger partial charge in [0.15, 0.2) is 0 Å². The maximum Gasteiger partial charge on any atom is 0.256 e. The van der Waals surface area contributed by atoms with Gasteiger partial charge in [-0.15, -0.1) is 0 Å². The van der Waals surface area contributed by atoms with Gasteiger partial charge in [-0.25, -0.2) is 4.98 Å². The summed E-state index contributed by atoms with van der Waals surface area (Å²) in [5, 5.41) is 5.92. The lowest BCUT2D eigenvalue weighted by molar-refractivity contribution is -0.117. The van der Waals surface area contributed by atoms with Gasteiger partial charge in [0, 0.05) is 18.9 Å². The number of benzene rings is 1. The first kappa shape index (κ1) is 19.8. The number of nitrogens with zero attached hydrogens (tertiary/aromatic N) is 3. The van der Waals surface area contributed by atoms with Crippen LogP contribution in [0.15, 0.2) is 42.6 Å². The van der Waals surface area contributed by atoms with E-state index in [0.717, 1.165) is 30.6 Å². The van der Waals surface area contributed by atoms with Crippen LogP contribution in [0.3, 0.4) is 0 Å². The van der Waals surface area contributed by atoms with Crippen molar-refractivity contribution < 1.29 is 9.59 Å². The molecule has 1 atom stereocenters. The SMILES string of the molecule is CCCCN(C)CC(=O)Nc1ccc(C2NC(=O)c3cccnc3N2C)cc1. The monoisotopic (exact) mass is 381 g/mol. The molecule has 1 unspecified atom stereocenters. The van der Waals surface area contributed by atoms with Crippen LogP contribution in [0.25, 0.3) is 0 Å². The van der Waals surface area contributed by atoms with E-state index in [4.69, 9.17) is 0 Å². The summed E-state index contributed by atoms with van der Waals surface area (Å²) < 4.78 is 0. The first-order valence-electron chi connectivity index (χ1n) is 9.56. The van der Waals surface area contributed by atoms with Crippen molar-refractivity contribution in [3.05, 3.63) is 53.7 Å². The second kappa shape index (κ2) is 8.84. The van der Waals surface area contributed by atoms with Gasteiger partial charge in [0.1, 0.15) is 12.0 Å². The number of anilines is 2. The van der Waals surface area contributed by atoms with Crippen molar-refractivity contribution in [2.24, 2.45) is 0 Å². The van der Waals surface area contributed by atoms with E-state index in [1.807, 2.05) is 48.2 Å². The highest BCUT2D eigenvalue weighted by atomic mass is 16.2. The standard InChI is InChI=1S/C21H27N5O2/c1-4-5-13-25(2)14-18(27)23-16-10-8-15(9-11-16)19-24-21(28)17-7-6-12-22-20(17)26(19)3/h6-12,19H,4-5,13-14H2,1-3H3,(H,23,27)(H,24,28). The smallest absolute Gasteiger partial charge is 0.256 e. The van der Waals surface area contributed by atoms with Gasteiger partial charge in [-0.05, 0) is 49.8 Å². The molecular formula is C21H27N5O2. The molecular weight excluding hydrogens is 354 g/mol. The minimum atomic E-state index is -0.306. The van der Waals surface area contributed by atoms with E-state index in [1.54, 1.807) is 18.3 Å². The van der Waals surface area contributed by atoms with Crippen LogP contribution >= 0.6 is 0 Å².